The molecule has 30 heavy (non-hydrogen) atoms. The zero-order chi connectivity index (χ0) is 20.9. The van der Waals surface area contributed by atoms with Crippen molar-refractivity contribution in [1.82, 2.24) is 5.32 Å². The maximum absolute atomic E-state index is 13.1. The highest BCUT2D eigenvalue weighted by Crippen LogP contribution is 2.32. The van der Waals surface area contributed by atoms with Crippen LogP contribution in [0.15, 0.2) is 87.2 Å². The normalized spacial score (nSPS) is 16.1. The molecule has 4 rings (SSSR count). The number of aliphatic imine (C=N–C) groups is 1. The van der Waals surface area contributed by atoms with Crippen LogP contribution in [0.1, 0.15) is 11.1 Å². The Morgan fingerprint density at radius 1 is 1.07 bits per heavy atom. The van der Waals surface area contributed by atoms with Gasteiger partial charge >= 0.3 is 0 Å². The SMILES string of the molecule is O=C1NC(=Nc2ccc(F)cc2)S/C1=C/c1cc(Br)ccc1OCc1ccccc1. The molecule has 4 nitrogen and oxygen atoms in total. The second-order valence-electron chi connectivity index (χ2n) is 6.41. The Morgan fingerprint density at radius 3 is 2.60 bits per heavy atom. The lowest BCUT2D eigenvalue weighted by Crippen LogP contribution is -2.19. The number of amidine groups is 1. The average molecular weight is 483 g/mol. The number of benzene rings is 3. The predicted octanol–water partition coefficient (Wildman–Crippen LogP) is 6.06. The standard InChI is InChI=1S/C23H16BrFN2O2S/c24-17-6-11-20(29-14-15-4-2-1-3-5-15)16(12-17)13-21-22(28)27-23(30-21)26-19-9-7-18(25)8-10-19/h1-13H,14H2,(H,26,27,28)/b21-13+. The van der Waals surface area contributed by atoms with Crippen LogP contribution in [-0.2, 0) is 11.4 Å². The van der Waals surface area contributed by atoms with E-state index in [-0.39, 0.29) is 11.7 Å². The Kier molecular flexibility index (Phi) is 6.30. The molecule has 7 heteroatoms. The Hall–Kier alpha value is -2.90. The van der Waals surface area contributed by atoms with Crippen molar-refractivity contribution in [2.45, 2.75) is 6.61 Å². The van der Waals surface area contributed by atoms with E-state index in [0.29, 0.717) is 28.1 Å². The van der Waals surface area contributed by atoms with Gasteiger partial charge in [-0.2, -0.15) is 0 Å². The van der Waals surface area contributed by atoms with Crippen LogP contribution < -0.4 is 10.1 Å². The van der Waals surface area contributed by atoms with Crippen molar-refractivity contribution in [2.24, 2.45) is 4.99 Å². The molecule has 1 amide bonds. The lowest BCUT2D eigenvalue weighted by molar-refractivity contribution is -0.115. The topological polar surface area (TPSA) is 50.7 Å². The molecule has 0 aliphatic carbocycles. The van der Waals surface area contributed by atoms with Crippen LogP contribution in [0.25, 0.3) is 6.08 Å². The van der Waals surface area contributed by atoms with Gasteiger partial charge < -0.3 is 10.1 Å². The van der Waals surface area contributed by atoms with Gasteiger partial charge in [-0.05, 0) is 65.9 Å². The van der Waals surface area contributed by atoms with E-state index in [4.69, 9.17) is 4.74 Å². The van der Waals surface area contributed by atoms with Gasteiger partial charge in [0.2, 0.25) is 0 Å². The molecule has 3 aromatic carbocycles. The van der Waals surface area contributed by atoms with Gasteiger partial charge in [0.1, 0.15) is 18.2 Å². The quantitative estimate of drug-likeness (QED) is 0.449. The molecule has 0 atom stereocenters. The number of amides is 1. The first-order chi connectivity index (χ1) is 14.6. The van der Waals surface area contributed by atoms with Gasteiger partial charge in [0.05, 0.1) is 10.6 Å². The maximum Gasteiger partial charge on any atom is 0.264 e. The molecule has 0 aromatic heterocycles. The Balaban J connectivity index is 1.55. The van der Waals surface area contributed by atoms with Crippen molar-refractivity contribution < 1.29 is 13.9 Å². The molecule has 1 aliphatic rings. The van der Waals surface area contributed by atoms with E-state index in [1.807, 2.05) is 48.5 Å². The molecule has 1 N–H and O–H groups in total. The summed E-state index contributed by atoms with van der Waals surface area (Å²) in [6, 6.07) is 21.3. The summed E-state index contributed by atoms with van der Waals surface area (Å²) in [5.74, 6) is 0.0991. The molecule has 0 spiro atoms. The molecule has 0 unspecified atom stereocenters. The van der Waals surface area contributed by atoms with Gasteiger partial charge in [0.25, 0.3) is 5.91 Å². The molecular weight excluding hydrogens is 467 g/mol. The molecule has 150 valence electrons. The highest BCUT2D eigenvalue weighted by molar-refractivity contribution is 9.10. The first-order valence-corrected chi connectivity index (χ1v) is 10.7. The van der Waals surface area contributed by atoms with Crippen molar-refractivity contribution in [3.05, 3.63) is 99.1 Å². The number of thioether (sulfide) groups is 1. The van der Waals surface area contributed by atoms with Crippen molar-refractivity contribution in [3.63, 3.8) is 0 Å². The minimum atomic E-state index is -0.333. The van der Waals surface area contributed by atoms with Crippen LogP contribution >= 0.6 is 27.7 Å². The minimum absolute atomic E-state index is 0.241. The first kappa shape index (κ1) is 20.4. The third kappa shape index (κ3) is 5.17. The number of hydrogen-bond acceptors (Lipinski definition) is 4. The number of hydrogen-bond donors (Lipinski definition) is 1. The van der Waals surface area contributed by atoms with E-state index >= 15 is 0 Å². The highest BCUT2D eigenvalue weighted by atomic mass is 79.9. The second-order valence-corrected chi connectivity index (χ2v) is 8.36. The number of halogens is 2. The number of carbonyl (C=O) groups excluding carboxylic acids is 1. The fraction of sp³-hybridized carbons (Fsp3) is 0.0435. The van der Waals surface area contributed by atoms with Crippen LogP contribution in [0, 0.1) is 5.82 Å². The van der Waals surface area contributed by atoms with Crippen molar-refractivity contribution in [3.8, 4) is 5.75 Å². The lowest BCUT2D eigenvalue weighted by atomic mass is 10.2. The van der Waals surface area contributed by atoms with Gasteiger partial charge in [-0.25, -0.2) is 9.38 Å². The fourth-order valence-corrected chi connectivity index (χ4v) is 3.97. The fourth-order valence-electron chi connectivity index (χ4n) is 2.75. The highest BCUT2D eigenvalue weighted by Gasteiger charge is 2.24. The number of nitrogens with zero attached hydrogens (tertiary/aromatic N) is 1. The summed E-state index contributed by atoms with van der Waals surface area (Å²) in [4.78, 5) is 17.3. The van der Waals surface area contributed by atoms with E-state index < -0.39 is 0 Å². The summed E-state index contributed by atoms with van der Waals surface area (Å²) in [5.41, 5.74) is 2.40. The number of nitrogens with one attached hydrogen (secondary N) is 1. The van der Waals surface area contributed by atoms with Gasteiger partial charge in [-0.15, -0.1) is 0 Å². The number of carbonyl (C=O) groups is 1. The van der Waals surface area contributed by atoms with Crippen LogP contribution in [-0.4, -0.2) is 11.1 Å². The Bertz CT molecular complexity index is 1130. The van der Waals surface area contributed by atoms with E-state index in [1.54, 1.807) is 18.2 Å². The lowest BCUT2D eigenvalue weighted by Gasteiger charge is -2.10. The van der Waals surface area contributed by atoms with Crippen LogP contribution in [0.4, 0.5) is 10.1 Å². The van der Waals surface area contributed by atoms with Gasteiger partial charge in [-0.3, -0.25) is 4.79 Å². The molecule has 0 saturated carbocycles. The third-order valence-corrected chi connectivity index (χ3v) is 5.61. The maximum atomic E-state index is 13.1. The molecule has 1 aliphatic heterocycles. The first-order valence-electron chi connectivity index (χ1n) is 9.08. The van der Waals surface area contributed by atoms with Gasteiger partial charge in [-0.1, -0.05) is 46.3 Å². The average Bonchev–Trinajstić information content (AvgIpc) is 3.08. The summed E-state index contributed by atoms with van der Waals surface area (Å²) in [6.45, 7) is 0.426. The number of rotatable bonds is 5. The molecule has 1 fully saturated rings. The van der Waals surface area contributed by atoms with E-state index in [0.717, 1.165) is 15.6 Å². The van der Waals surface area contributed by atoms with Crippen molar-refractivity contribution in [1.29, 1.82) is 0 Å². The summed E-state index contributed by atoms with van der Waals surface area (Å²) in [5, 5.41) is 3.18. The molecule has 3 aromatic rings. The zero-order valence-electron chi connectivity index (χ0n) is 15.6. The van der Waals surface area contributed by atoms with E-state index in [1.165, 1.54) is 23.9 Å². The molecule has 0 bridgehead atoms. The van der Waals surface area contributed by atoms with E-state index in [2.05, 4.69) is 26.2 Å². The molecular formula is C23H16BrFN2O2S. The molecule has 1 heterocycles. The largest absolute Gasteiger partial charge is 0.488 e. The van der Waals surface area contributed by atoms with Gasteiger partial charge in [0, 0.05) is 10.0 Å². The number of ether oxygens (including phenoxy) is 1. The minimum Gasteiger partial charge on any atom is -0.488 e. The van der Waals surface area contributed by atoms with Crippen LogP contribution in [0.3, 0.4) is 0 Å². The van der Waals surface area contributed by atoms with Crippen LogP contribution in [0.5, 0.6) is 5.75 Å². The third-order valence-electron chi connectivity index (χ3n) is 4.20. The van der Waals surface area contributed by atoms with Crippen LogP contribution in [0.2, 0.25) is 0 Å². The smallest absolute Gasteiger partial charge is 0.264 e. The summed E-state index contributed by atoms with van der Waals surface area (Å²) in [6.07, 6.45) is 1.78. The second kappa shape index (κ2) is 9.28. The molecule has 1 saturated heterocycles. The summed E-state index contributed by atoms with van der Waals surface area (Å²) < 4.78 is 19.9. The molecule has 0 radical (unpaired) electrons. The monoisotopic (exact) mass is 482 g/mol. The summed E-state index contributed by atoms with van der Waals surface area (Å²) >= 11 is 4.70. The van der Waals surface area contributed by atoms with E-state index in [9.17, 15) is 9.18 Å². The predicted molar refractivity (Wildman–Crippen MR) is 122 cm³/mol. The van der Waals surface area contributed by atoms with Crippen molar-refractivity contribution >= 4 is 50.5 Å². The zero-order valence-corrected chi connectivity index (χ0v) is 18.0. The summed E-state index contributed by atoms with van der Waals surface area (Å²) in [7, 11) is 0. The van der Waals surface area contributed by atoms with Gasteiger partial charge in [0.15, 0.2) is 5.17 Å². The Morgan fingerprint density at radius 2 is 1.83 bits per heavy atom. The van der Waals surface area contributed by atoms with Crippen molar-refractivity contribution in [2.75, 3.05) is 0 Å². The Labute approximate surface area is 186 Å².